The zero-order chi connectivity index (χ0) is 37.5. The van der Waals surface area contributed by atoms with Crippen molar-refractivity contribution in [1.29, 1.82) is 0 Å². The third-order valence-electron chi connectivity index (χ3n) is 13.6. The van der Waals surface area contributed by atoms with Crippen LogP contribution in [0.3, 0.4) is 0 Å². The first-order valence-corrected chi connectivity index (χ1v) is 20.1. The van der Waals surface area contributed by atoms with E-state index >= 15 is 0 Å². The smallest absolute Gasteiger partial charge is 0.0633 e. The van der Waals surface area contributed by atoms with Crippen molar-refractivity contribution in [1.82, 2.24) is 4.57 Å². The zero-order valence-electron chi connectivity index (χ0n) is 32.3. The van der Waals surface area contributed by atoms with Crippen LogP contribution in [-0.4, -0.2) is 10.6 Å². The molecule has 2 heteroatoms. The lowest BCUT2D eigenvalue weighted by Gasteiger charge is -2.43. The van der Waals surface area contributed by atoms with E-state index in [0.29, 0.717) is 6.04 Å². The summed E-state index contributed by atoms with van der Waals surface area (Å²) >= 11 is 0. The Labute approximate surface area is 328 Å². The summed E-state index contributed by atoms with van der Waals surface area (Å²) in [5.74, 6) is 0. The molecule has 1 atom stereocenters. The van der Waals surface area contributed by atoms with E-state index in [2.05, 4.69) is 201 Å². The Morgan fingerprint density at radius 1 is 0.500 bits per heavy atom. The number of nitrogens with zero attached hydrogens (tertiary/aromatic N) is 2. The summed E-state index contributed by atoms with van der Waals surface area (Å²) < 4.78 is 2.49. The van der Waals surface area contributed by atoms with Gasteiger partial charge in [-0.05, 0) is 116 Å². The van der Waals surface area contributed by atoms with E-state index in [1.807, 2.05) is 0 Å². The molecule has 0 amide bonds. The summed E-state index contributed by atoms with van der Waals surface area (Å²) in [4.78, 5) is 2.69. The number of aromatic nitrogens is 1. The van der Waals surface area contributed by atoms with Gasteiger partial charge in [0.15, 0.2) is 0 Å². The SMILES string of the molecule is CC1(C)c2cc(-n3c4ccc(-c5ccccc5)cc4c4cc(-c5ccccc5)ccc43)ccc2-c2cc3c(cc21)N1c2c(cccc2C3(C)C)C2=CC=CCC21. The van der Waals surface area contributed by atoms with E-state index in [1.54, 1.807) is 0 Å². The van der Waals surface area contributed by atoms with Crippen LogP contribution in [0.1, 0.15) is 61.9 Å². The molecule has 0 saturated heterocycles. The molecule has 268 valence electrons. The molecule has 0 fully saturated rings. The molecule has 8 aromatic rings. The third kappa shape index (κ3) is 4.17. The van der Waals surface area contributed by atoms with Gasteiger partial charge in [0, 0.05) is 38.5 Å². The number of para-hydroxylation sites is 1. The highest BCUT2D eigenvalue weighted by molar-refractivity contribution is 6.12. The predicted octanol–water partition coefficient (Wildman–Crippen LogP) is 13.9. The molecule has 12 rings (SSSR count). The first kappa shape index (κ1) is 31.9. The van der Waals surface area contributed by atoms with Crippen LogP contribution in [0.25, 0.3) is 66.4 Å². The molecule has 0 N–H and O–H groups in total. The Morgan fingerprint density at radius 3 is 1.82 bits per heavy atom. The summed E-state index contributed by atoms with van der Waals surface area (Å²) in [7, 11) is 0. The molecular weight excluding hydrogens is 677 g/mol. The van der Waals surface area contributed by atoms with Gasteiger partial charge in [0.1, 0.15) is 0 Å². The minimum atomic E-state index is -0.176. The van der Waals surface area contributed by atoms with E-state index in [9.17, 15) is 0 Å². The molecular formula is C54H42N2. The molecule has 7 aromatic carbocycles. The zero-order valence-corrected chi connectivity index (χ0v) is 32.3. The lowest BCUT2D eigenvalue weighted by atomic mass is 9.72. The maximum Gasteiger partial charge on any atom is 0.0633 e. The van der Waals surface area contributed by atoms with Gasteiger partial charge >= 0.3 is 0 Å². The average molecular weight is 719 g/mol. The van der Waals surface area contributed by atoms with Crippen molar-refractivity contribution in [3.8, 4) is 39.1 Å². The van der Waals surface area contributed by atoms with E-state index in [-0.39, 0.29) is 10.8 Å². The van der Waals surface area contributed by atoms with Gasteiger partial charge < -0.3 is 9.47 Å². The fraction of sp³-hybridized carbons (Fsp3) is 0.148. The highest BCUT2D eigenvalue weighted by Gasteiger charge is 2.47. The van der Waals surface area contributed by atoms with Gasteiger partial charge in [-0.2, -0.15) is 0 Å². The maximum absolute atomic E-state index is 2.69. The van der Waals surface area contributed by atoms with Crippen LogP contribution in [0.2, 0.25) is 0 Å². The van der Waals surface area contributed by atoms with E-state index in [4.69, 9.17) is 0 Å². The molecule has 0 bridgehead atoms. The lowest BCUT2D eigenvalue weighted by Crippen LogP contribution is -2.36. The quantitative estimate of drug-likeness (QED) is 0.177. The van der Waals surface area contributed by atoms with Crippen molar-refractivity contribution in [3.63, 3.8) is 0 Å². The van der Waals surface area contributed by atoms with Crippen LogP contribution in [0.15, 0.2) is 164 Å². The van der Waals surface area contributed by atoms with Crippen LogP contribution >= 0.6 is 0 Å². The number of hydrogen-bond acceptors (Lipinski definition) is 1. The van der Waals surface area contributed by atoms with Gasteiger partial charge in [0.05, 0.1) is 22.8 Å². The molecule has 2 aliphatic heterocycles. The van der Waals surface area contributed by atoms with Gasteiger partial charge in [-0.1, -0.05) is 143 Å². The second-order valence-electron chi connectivity index (χ2n) is 17.3. The van der Waals surface area contributed by atoms with Crippen LogP contribution in [0, 0.1) is 0 Å². The normalized spacial score (nSPS) is 17.7. The molecule has 0 spiro atoms. The number of hydrogen-bond donors (Lipinski definition) is 0. The van der Waals surface area contributed by atoms with Gasteiger partial charge in [0.25, 0.3) is 0 Å². The monoisotopic (exact) mass is 718 g/mol. The Morgan fingerprint density at radius 2 is 1.14 bits per heavy atom. The number of rotatable bonds is 3. The summed E-state index contributed by atoms with van der Waals surface area (Å²) in [5, 5.41) is 2.54. The van der Waals surface area contributed by atoms with Crippen LogP contribution in [0.4, 0.5) is 11.4 Å². The van der Waals surface area contributed by atoms with Crippen LogP contribution in [0.5, 0.6) is 0 Å². The number of anilines is 2. The number of benzene rings is 7. The minimum Gasteiger partial charge on any atom is -0.333 e. The van der Waals surface area contributed by atoms with Crippen molar-refractivity contribution >= 4 is 38.8 Å². The summed E-state index contributed by atoms with van der Waals surface area (Å²) in [6, 6.07) is 55.2. The number of allylic oxidation sites excluding steroid dienone is 2. The van der Waals surface area contributed by atoms with Crippen LogP contribution < -0.4 is 4.90 Å². The third-order valence-corrected chi connectivity index (χ3v) is 13.6. The molecule has 4 aliphatic rings. The van der Waals surface area contributed by atoms with Crippen molar-refractivity contribution < 1.29 is 0 Å². The topological polar surface area (TPSA) is 8.17 Å². The molecule has 1 aromatic heterocycles. The molecule has 2 nitrogen and oxygen atoms in total. The maximum atomic E-state index is 2.69. The first-order chi connectivity index (χ1) is 27.3. The molecule has 0 radical (unpaired) electrons. The summed E-state index contributed by atoms with van der Waals surface area (Å²) in [6.07, 6.45) is 7.97. The van der Waals surface area contributed by atoms with Gasteiger partial charge in [-0.15, -0.1) is 0 Å². The lowest BCUT2D eigenvalue weighted by molar-refractivity contribution is 0.617. The van der Waals surface area contributed by atoms with E-state index in [0.717, 1.165) is 6.42 Å². The molecule has 3 heterocycles. The molecule has 1 unspecified atom stereocenters. The molecule has 56 heavy (non-hydrogen) atoms. The second-order valence-corrected chi connectivity index (χ2v) is 17.3. The van der Waals surface area contributed by atoms with Gasteiger partial charge in [-0.3, -0.25) is 0 Å². The Balaban J connectivity index is 1.04. The number of fused-ring (bicyclic) bond motifs is 11. The second kappa shape index (κ2) is 11.1. The van der Waals surface area contributed by atoms with Crippen molar-refractivity contribution in [3.05, 3.63) is 192 Å². The van der Waals surface area contributed by atoms with Crippen LogP contribution in [-0.2, 0) is 10.8 Å². The Bertz CT molecular complexity index is 2950. The van der Waals surface area contributed by atoms with E-state index in [1.165, 1.54) is 106 Å². The summed E-state index contributed by atoms with van der Waals surface area (Å²) in [6.45, 7) is 9.73. The molecule has 0 saturated carbocycles. The Hall–Kier alpha value is -6.38. The van der Waals surface area contributed by atoms with Crippen molar-refractivity contribution in [2.45, 2.75) is 51.0 Å². The highest BCUT2D eigenvalue weighted by atomic mass is 15.2. The molecule has 2 aliphatic carbocycles. The van der Waals surface area contributed by atoms with Crippen molar-refractivity contribution in [2.75, 3.05) is 4.90 Å². The predicted molar refractivity (Wildman–Crippen MR) is 235 cm³/mol. The van der Waals surface area contributed by atoms with Gasteiger partial charge in [0.2, 0.25) is 0 Å². The Kier molecular flexibility index (Phi) is 6.33. The van der Waals surface area contributed by atoms with E-state index < -0.39 is 0 Å². The largest absolute Gasteiger partial charge is 0.333 e. The fourth-order valence-electron chi connectivity index (χ4n) is 10.8. The first-order valence-electron chi connectivity index (χ1n) is 20.1. The van der Waals surface area contributed by atoms with Gasteiger partial charge in [-0.25, -0.2) is 0 Å². The highest BCUT2D eigenvalue weighted by Crippen LogP contribution is 2.61. The minimum absolute atomic E-state index is 0.124. The summed E-state index contributed by atoms with van der Waals surface area (Å²) in [5.41, 5.74) is 22.4. The fourth-order valence-corrected chi connectivity index (χ4v) is 10.8. The average Bonchev–Trinajstić information content (AvgIpc) is 3.83. The standard InChI is InChI=1S/C54H42N2/c1-53(2)44-20-13-19-40-39-18-11-12-21-48(39)56(52(40)44)51-32-46-41(31-47(51)53)38-25-24-37(30-45(38)54(46,3)4)55-49-26-22-35(33-14-7-5-8-15-33)28-42(49)43-29-36(23-27-50(43)55)34-16-9-6-10-17-34/h5-20,22-32,48H,21H2,1-4H3. The van der Waals surface area contributed by atoms with Crippen molar-refractivity contribution in [2.24, 2.45) is 0 Å².